The lowest BCUT2D eigenvalue weighted by Gasteiger charge is -2.35. The van der Waals surface area contributed by atoms with Gasteiger partial charge in [0, 0.05) is 37.2 Å². The molecule has 0 radical (unpaired) electrons. The highest BCUT2D eigenvalue weighted by Gasteiger charge is 2.31. The minimum atomic E-state index is -0.0609. The second-order valence-electron chi connectivity index (χ2n) is 6.55. The number of rotatable bonds is 2. The van der Waals surface area contributed by atoms with Gasteiger partial charge < -0.3 is 9.47 Å². The van der Waals surface area contributed by atoms with Crippen LogP contribution in [0.15, 0.2) is 52.6 Å². The number of carbonyl (C=O) groups excluding carboxylic acids is 1. The van der Waals surface area contributed by atoms with Gasteiger partial charge in [-0.2, -0.15) is 5.10 Å². The average Bonchev–Trinajstić information content (AvgIpc) is 3.39. The Morgan fingerprint density at radius 3 is 3.00 bits per heavy atom. The fraction of sp³-hybridized carbons (Fsp3) is 0.211. The van der Waals surface area contributed by atoms with E-state index in [1.54, 1.807) is 34.3 Å². The Labute approximate surface area is 168 Å². The quantitative estimate of drug-likeness (QED) is 0.467. The van der Waals surface area contributed by atoms with Gasteiger partial charge in [0.15, 0.2) is 11.3 Å². The molecule has 6 nitrogen and oxygen atoms in total. The Bertz CT molecular complexity index is 1150. The van der Waals surface area contributed by atoms with Crippen molar-refractivity contribution in [1.82, 2.24) is 24.1 Å². The van der Waals surface area contributed by atoms with Crippen molar-refractivity contribution >= 4 is 38.8 Å². The number of fused-ring (bicyclic) bond motifs is 2. The third-order valence-electron chi connectivity index (χ3n) is 5.01. The summed E-state index contributed by atoms with van der Waals surface area (Å²) in [6.07, 6.45) is 3.50. The molecule has 27 heavy (non-hydrogen) atoms. The van der Waals surface area contributed by atoms with Crippen molar-refractivity contribution in [1.29, 1.82) is 0 Å². The summed E-state index contributed by atoms with van der Waals surface area (Å²) in [4.78, 5) is 20.6. The summed E-state index contributed by atoms with van der Waals surface area (Å²) in [7, 11) is 0. The molecule has 1 amide bonds. The molecule has 0 bridgehead atoms. The molecule has 1 atom stereocenters. The van der Waals surface area contributed by atoms with Crippen LogP contribution >= 0.6 is 27.3 Å². The summed E-state index contributed by atoms with van der Waals surface area (Å²) in [5.41, 5.74) is 3.46. The zero-order valence-electron chi connectivity index (χ0n) is 14.5. The minimum absolute atomic E-state index is 0.00975. The van der Waals surface area contributed by atoms with Gasteiger partial charge in [0.05, 0.1) is 21.1 Å². The molecule has 0 saturated heterocycles. The lowest BCUT2D eigenvalue weighted by atomic mass is 10.1. The molecule has 1 aliphatic heterocycles. The highest BCUT2D eigenvalue weighted by atomic mass is 79.9. The van der Waals surface area contributed by atoms with Crippen LogP contribution in [0, 0.1) is 0 Å². The number of hydrogen-bond acceptors (Lipinski definition) is 4. The van der Waals surface area contributed by atoms with Crippen LogP contribution in [0.4, 0.5) is 0 Å². The van der Waals surface area contributed by atoms with E-state index in [-0.39, 0.29) is 11.9 Å². The lowest BCUT2D eigenvalue weighted by Crippen LogP contribution is -2.41. The molecule has 0 saturated carbocycles. The standard InChI is InChI=1S/C19H16BrN5OS/c1-12-15-4-5-16(17-3-2-8-27-17)24(15)7-6-23(12)19(26)14-9-18-21-10-13(20)11-25(18)22-14/h2-5,8-12H,6-7H2,1H3. The number of hydrogen-bond donors (Lipinski definition) is 0. The van der Waals surface area contributed by atoms with Crippen LogP contribution in [0.2, 0.25) is 0 Å². The minimum Gasteiger partial charge on any atom is -0.340 e. The number of nitrogens with zero attached hydrogens (tertiary/aromatic N) is 5. The molecule has 1 aliphatic rings. The zero-order valence-corrected chi connectivity index (χ0v) is 16.9. The predicted octanol–water partition coefficient (Wildman–Crippen LogP) is 4.24. The summed E-state index contributed by atoms with van der Waals surface area (Å²) in [6.45, 7) is 3.51. The van der Waals surface area contributed by atoms with Crippen molar-refractivity contribution in [2.75, 3.05) is 6.54 Å². The van der Waals surface area contributed by atoms with Crippen LogP contribution in [0.25, 0.3) is 16.2 Å². The maximum absolute atomic E-state index is 13.1. The van der Waals surface area contributed by atoms with E-state index < -0.39 is 0 Å². The molecule has 0 fully saturated rings. The Balaban J connectivity index is 1.47. The van der Waals surface area contributed by atoms with Crippen LogP contribution in [0.5, 0.6) is 0 Å². The summed E-state index contributed by atoms with van der Waals surface area (Å²) in [6, 6.07) is 10.2. The first kappa shape index (κ1) is 16.7. The van der Waals surface area contributed by atoms with Gasteiger partial charge in [0.25, 0.3) is 5.91 Å². The normalized spacial score (nSPS) is 16.7. The molecular weight excluding hydrogens is 426 g/mol. The number of aromatic nitrogens is 4. The Morgan fingerprint density at radius 1 is 1.30 bits per heavy atom. The molecule has 0 spiro atoms. The van der Waals surface area contributed by atoms with E-state index in [4.69, 9.17) is 0 Å². The molecule has 4 aromatic heterocycles. The molecular formula is C19H16BrN5OS. The van der Waals surface area contributed by atoms with Gasteiger partial charge >= 0.3 is 0 Å². The largest absolute Gasteiger partial charge is 0.340 e. The summed E-state index contributed by atoms with van der Waals surface area (Å²) in [5, 5.41) is 6.50. The highest BCUT2D eigenvalue weighted by Crippen LogP contribution is 2.34. The number of carbonyl (C=O) groups is 1. The molecule has 0 aromatic carbocycles. The fourth-order valence-electron chi connectivity index (χ4n) is 3.68. The Kier molecular flexibility index (Phi) is 3.91. The molecule has 4 aromatic rings. The predicted molar refractivity (Wildman–Crippen MR) is 108 cm³/mol. The van der Waals surface area contributed by atoms with Gasteiger partial charge in [0.1, 0.15) is 0 Å². The molecule has 5 rings (SSSR count). The molecule has 8 heteroatoms. The SMILES string of the molecule is CC1c2ccc(-c3cccs3)n2CCN1C(=O)c1cc2ncc(Br)cn2n1. The van der Waals surface area contributed by atoms with Crippen LogP contribution in [-0.2, 0) is 6.54 Å². The monoisotopic (exact) mass is 441 g/mol. The highest BCUT2D eigenvalue weighted by molar-refractivity contribution is 9.10. The van der Waals surface area contributed by atoms with E-state index in [9.17, 15) is 4.79 Å². The zero-order chi connectivity index (χ0) is 18.5. The van der Waals surface area contributed by atoms with E-state index in [0.717, 1.165) is 16.7 Å². The van der Waals surface area contributed by atoms with Crippen LogP contribution in [0.1, 0.15) is 29.1 Å². The van der Waals surface area contributed by atoms with Gasteiger partial charge in [-0.1, -0.05) is 6.07 Å². The molecule has 136 valence electrons. The van der Waals surface area contributed by atoms with Crippen LogP contribution in [0.3, 0.4) is 0 Å². The fourth-order valence-corrected chi connectivity index (χ4v) is 4.74. The van der Waals surface area contributed by atoms with Gasteiger partial charge in [-0.15, -0.1) is 11.3 Å². The molecule has 0 N–H and O–H groups in total. The van der Waals surface area contributed by atoms with E-state index in [2.05, 4.69) is 67.1 Å². The topological polar surface area (TPSA) is 55.4 Å². The first-order valence-corrected chi connectivity index (χ1v) is 10.3. The average molecular weight is 442 g/mol. The Morgan fingerprint density at radius 2 is 2.19 bits per heavy atom. The van der Waals surface area contributed by atoms with Gasteiger partial charge in [-0.25, -0.2) is 9.50 Å². The summed E-state index contributed by atoms with van der Waals surface area (Å²) >= 11 is 5.12. The number of amides is 1. The molecule has 5 heterocycles. The second-order valence-corrected chi connectivity index (χ2v) is 8.41. The van der Waals surface area contributed by atoms with Crippen molar-refractivity contribution in [3.63, 3.8) is 0 Å². The van der Waals surface area contributed by atoms with Crippen molar-refractivity contribution in [2.45, 2.75) is 19.5 Å². The van der Waals surface area contributed by atoms with Gasteiger partial charge in [-0.3, -0.25) is 4.79 Å². The second kappa shape index (κ2) is 6.31. The van der Waals surface area contributed by atoms with Crippen molar-refractivity contribution in [3.05, 3.63) is 64.0 Å². The smallest absolute Gasteiger partial charge is 0.275 e. The molecule has 1 unspecified atom stereocenters. The van der Waals surface area contributed by atoms with Gasteiger partial charge in [0.2, 0.25) is 0 Å². The number of thiophene rings is 1. The van der Waals surface area contributed by atoms with Crippen molar-refractivity contribution in [2.24, 2.45) is 0 Å². The van der Waals surface area contributed by atoms with Crippen LogP contribution in [-0.4, -0.2) is 36.5 Å². The lowest BCUT2D eigenvalue weighted by molar-refractivity contribution is 0.0638. The third kappa shape index (κ3) is 2.71. The maximum atomic E-state index is 13.1. The van der Waals surface area contributed by atoms with Crippen molar-refractivity contribution in [3.8, 4) is 10.6 Å². The first-order valence-electron chi connectivity index (χ1n) is 8.67. The summed E-state index contributed by atoms with van der Waals surface area (Å²) in [5.74, 6) is -0.0609. The maximum Gasteiger partial charge on any atom is 0.275 e. The van der Waals surface area contributed by atoms with Gasteiger partial charge in [-0.05, 0) is 46.4 Å². The first-order chi connectivity index (χ1) is 13.1. The summed E-state index contributed by atoms with van der Waals surface area (Å²) < 4.78 is 4.77. The van der Waals surface area contributed by atoms with E-state index >= 15 is 0 Å². The Hall–Kier alpha value is -2.45. The van der Waals surface area contributed by atoms with E-state index in [1.807, 2.05) is 4.90 Å². The third-order valence-corrected chi connectivity index (χ3v) is 6.31. The van der Waals surface area contributed by atoms with Crippen LogP contribution < -0.4 is 0 Å². The number of halogens is 1. The van der Waals surface area contributed by atoms with Crippen molar-refractivity contribution < 1.29 is 4.79 Å². The van der Waals surface area contributed by atoms with E-state index in [0.29, 0.717) is 17.9 Å². The van der Waals surface area contributed by atoms with E-state index in [1.165, 1.54) is 10.6 Å². The molecule has 0 aliphatic carbocycles.